The molecule has 4 heteroatoms. The highest BCUT2D eigenvalue weighted by molar-refractivity contribution is 5.66. The zero-order valence-electron chi connectivity index (χ0n) is 13.7. The first-order valence-corrected chi connectivity index (χ1v) is 8.88. The van der Waals surface area contributed by atoms with E-state index in [1.165, 1.54) is 32.1 Å². The van der Waals surface area contributed by atoms with Crippen LogP contribution in [0.3, 0.4) is 0 Å². The lowest BCUT2D eigenvalue weighted by Crippen LogP contribution is -2.27. The van der Waals surface area contributed by atoms with Gasteiger partial charge in [0.25, 0.3) is 0 Å². The van der Waals surface area contributed by atoms with E-state index in [1.54, 1.807) is 6.08 Å². The fourth-order valence-corrected chi connectivity index (χ4v) is 3.13. The van der Waals surface area contributed by atoms with Crippen molar-refractivity contribution in [3.8, 4) is 0 Å². The molecule has 3 N–H and O–H groups in total. The molecule has 0 amide bonds. The van der Waals surface area contributed by atoms with Crippen LogP contribution in [0.2, 0.25) is 0 Å². The Hall–Kier alpha value is -1.03. The lowest BCUT2D eigenvalue weighted by atomic mass is 9.94. The van der Waals surface area contributed by atoms with Crippen LogP contribution >= 0.6 is 0 Å². The molecule has 0 aromatic carbocycles. The predicted octanol–water partition coefficient (Wildman–Crippen LogP) is 4.72. The minimum atomic E-state index is -0.935. The van der Waals surface area contributed by atoms with Crippen molar-refractivity contribution >= 4 is 5.97 Å². The second-order valence-electron chi connectivity index (χ2n) is 6.59. The number of carboxylic acids is 1. The molecule has 128 valence electrons. The largest absolute Gasteiger partial charge is 0.510 e. The summed E-state index contributed by atoms with van der Waals surface area (Å²) in [6.45, 7) is 0. The van der Waals surface area contributed by atoms with E-state index >= 15 is 0 Å². The van der Waals surface area contributed by atoms with Crippen LogP contribution in [0.1, 0.15) is 89.9 Å². The molecule has 0 aromatic heterocycles. The Morgan fingerprint density at radius 1 is 0.955 bits per heavy atom. The third kappa shape index (κ3) is 7.83. The quantitative estimate of drug-likeness (QED) is 0.430. The van der Waals surface area contributed by atoms with Gasteiger partial charge in [-0.15, -0.1) is 0 Å². The summed E-state index contributed by atoms with van der Waals surface area (Å²) in [6, 6.07) is 0. The number of aliphatic hydroxyl groups excluding tert-OH is 1. The summed E-state index contributed by atoms with van der Waals surface area (Å²) in [7, 11) is 0. The Labute approximate surface area is 134 Å². The summed E-state index contributed by atoms with van der Waals surface area (Å²) in [6.07, 6.45) is 15.4. The van der Waals surface area contributed by atoms with Gasteiger partial charge >= 0.3 is 5.97 Å². The summed E-state index contributed by atoms with van der Waals surface area (Å²) in [5.41, 5.74) is -0.935. The molecule has 0 bridgehead atoms. The molecule has 1 aliphatic carbocycles. The second-order valence-corrected chi connectivity index (χ2v) is 6.59. The molecule has 4 nitrogen and oxygen atoms in total. The van der Waals surface area contributed by atoms with Gasteiger partial charge in [0.1, 0.15) is 11.4 Å². The van der Waals surface area contributed by atoms with E-state index in [4.69, 9.17) is 5.11 Å². The normalized spacial score (nSPS) is 21.0. The van der Waals surface area contributed by atoms with Crippen molar-refractivity contribution in [1.82, 2.24) is 0 Å². The molecule has 1 aliphatic rings. The Kier molecular flexibility index (Phi) is 9.21. The number of aliphatic carboxylic acids is 1. The van der Waals surface area contributed by atoms with Crippen molar-refractivity contribution in [3.05, 3.63) is 11.8 Å². The smallest absolute Gasteiger partial charge is 0.303 e. The van der Waals surface area contributed by atoms with Crippen LogP contribution < -0.4 is 0 Å². The zero-order valence-corrected chi connectivity index (χ0v) is 13.7. The van der Waals surface area contributed by atoms with Gasteiger partial charge in [0, 0.05) is 6.42 Å². The molecule has 0 spiro atoms. The van der Waals surface area contributed by atoms with Crippen LogP contribution in [0.15, 0.2) is 11.8 Å². The van der Waals surface area contributed by atoms with E-state index in [2.05, 4.69) is 0 Å². The summed E-state index contributed by atoms with van der Waals surface area (Å²) < 4.78 is 0. The molecule has 0 aliphatic heterocycles. The molecule has 0 fully saturated rings. The van der Waals surface area contributed by atoms with Crippen molar-refractivity contribution in [3.63, 3.8) is 0 Å². The molecular formula is C18H32O4. The third-order valence-electron chi connectivity index (χ3n) is 4.60. The Morgan fingerprint density at radius 2 is 1.45 bits per heavy atom. The number of allylic oxidation sites excluding steroid dienone is 1. The lowest BCUT2D eigenvalue weighted by Gasteiger charge is -2.22. The van der Waals surface area contributed by atoms with Crippen molar-refractivity contribution in [2.75, 3.05) is 0 Å². The van der Waals surface area contributed by atoms with Gasteiger partial charge in [-0.2, -0.15) is 0 Å². The van der Waals surface area contributed by atoms with Crippen LogP contribution in [-0.2, 0) is 4.79 Å². The zero-order chi connectivity index (χ0) is 16.3. The Balaban J connectivity index is 1.82. The summed E-state index contributed by atoms with van der Waals surface area (Å²) in [5.74, 6) is -0.513. The number of rotatable bonds is 13. The maximum Gasteiger partial charge on any atom is 0.303 e. The molecule has 0 radical (unpaired) electrons. The van der Waals surface area contributed by atoms with Crippen LogP contribution in [0, 0.1) is 0 Å². The predicted molar refractivity (Wildman–Crippen MR) is 87.9 cm³/mol. The molecule has 1 rings (SSSR count). The highest BCUT2D eigenvalue weighted by Crippen LogP contribution is 2.33. The van der Waals surface area contributed by atoms with Crippen molar-refractivity contribution in [2.45, 2.75) is 95.5 Å². The van der Waals surface area contributed by atoms with Crippen LogP contribution in [0.5, 0.6) is 0 Å². The van der Waals surface area contributed by atoms with Crippen LogP contribution in [0.4, 0.5) is 0 Å². The SMILES string of the molecule is O=C(O)CCCCCCCCCCCCC1(O)CCC=C1O. The highest BCUT2D eigenvalue weighted by Gasteiger charge is 2.34. The average molecular weight is 312 g/mol. The minimum Gasteiger partial charge on any atom is -0.510 e. The van der Waals surface area contributed by atoms with E-state index in [-0.39, 0.29) is 5.76 Å². The number of hydrogen-bond acceptors (Lipinski definition) is 3. The standard InChI is InChI=1S/C18H32O4/c19-16-12-11-15-18(16,22)14-10-8-6-4-2-1-3-5-7-9-13-17(20)21/h12,19,22H,1-11,13-15H2,(H,20,21). The van der Waals surface area contributed by atoms with Gasteiger partial charge in [0.2, 0.25) is 0 Å². The Morgan fingerprint density at radius 3 is 1.91 bits per heavy atom. The molecule has 0 heterocycles. The van der Waals surface area contributed by atoms with Crippen LogP contribution in [0.25, 0.3) is 0 Å². The van der Waals surface area contributed by atoms with Gasteiger partial charge in [-0.3, -0.25) is 4.79 Å². The molecule has 0 aromatic rings. The van der Waals surface area contributed by atoms with E-state index in [0.29, 0.717) is 19.3 Å². The number of unbranched alkanes of at least 4 members (excludes halogenated alkanes) is 9. The first-order chi connectivity index (χ1) is 10.5. The molecule has 0 saturated carbocycles. The Bertz CT molecular complexity index is 351. The molecule has 22 heavy (non-hydrogen) atoms. The van der Waals surface area contributed by atoms with Gasteiger partial charge < -0.3 is 15.3 Å². The first-order valence-electron chi connectivity index (χ1n) is 8.88. The number of hydrogen-bond donors (Lipinski definition) is 3. The molecule has 0 saturated heterocycles. The third-order valence-corrected chi connectivity index (χ3v) is 4.60. The fourth-order valence-electron chi connectivity index (χ4n) is 3.13. The number of carboxylic acid groups (broad SMARTS) is 1. The van der Waals surface area contributed by atoms with Crippen molar-refractivity contribution < 1.29 is 20.1 Å². The molecule has 1 atom stereocenters. The van der Waals surface area contributed by atoms with E-state index in [1.807, 2.05) is 0 Å². The van der Waals surface area contributed by atoms with Crippen molar-refractivity contribution in [1.29, 1.82) is 0 Å². The van der Waals surface area contributed by atoms with Gasteiger partial charge in [0.15, 0.2) is 0 Å². The van der Waals surface area contributed by atoms with Crippen molar-refractivity contribution in [2.24, 2.45) is 0 Å². The first kappa shape index (κ1) is 19.0. The van der Waals surface area contributed by atoms with E-state index in [0.717, 1.165) is 38.5 Å². The van der Waals surface area contributed by atoms with Gasteiger partial charge in [-0.25, -0.2) is 0 Å². The topological polar surface area (TPSA) is 77.8 Å². The highest BCUT2D eigenvalue weighted by atomic mass is 16.4. The maximum absolute atomic E-state index is 10.3. The summed E-state index contributed by atoms with van der Waals surface area (Å²) >= 11 is 0. The lowest BCUT2D eigenvalue weighted by molar-refractivity contribution is -0.137. The average Bonchev–Trinajstić information content (AvgIpc) is 2.80. The monoisotopic (exact) mass is 312 g/mol. The summed E-state index contributed by atoms with van der Waals surface area (Å²) in [5, 5.41) is 28.3. The molecule has 1 unspecified atom stereocenters. The molecular weight excluding hydrogens is 280 g/mol. The van der Waals surface area contributed by atoms with Crippen LogP contribution in [-0.4, -0.2) is 26.9 Å². The second kappa shape index (κ2) is 10.7. The van der Waals surface area contributed by atoms with E-state index < -0.39 is 11.6 Å². The summed E-state index contributed by atoms with van der Waals surface area (Å²) in [4.78, 5) is 10.3. The number of aliphatic hydroxyl groups is 2. The minimum absolute atomic E-state index is 0.176. The number of carbonyl (C=O) groups is 1. The van der Waals surface area contributed by atoms with E-state index in [9.17, 15) is 15.0 Å². The maximum atomic E-state index is 10.3. The van der Waals surface area contributed by atoms with Gasteiger partial charge in [-0.05, 0) is 31.8 Å². The van der Waals surface area contributed by atoms with Gasteiger partial charge in [0.05, 0.1) is 0 Å². The fraction of sp³-hybridized carbons (Fsp3) is 0.833. The van der Waals surface area contributed by atoms with Gasteiger partial charge in [-0.1, -0.05) is 57.8 Å².